The zero-order valence-electron chi connectivity index (χ0n) is 11.8. The second kappa shape index (κ2) is 7.94. The van der Waals surface area contributed by atoms with Crippen LogP contribution in [0.2, 0.25) is 6.04 Å². The molecule has 0 saturated heterocycles. The fourth-order valence-corrected chi connectivity index (χ4v) is 3.84. The summed E-state index contributed by atoms with van der Waals surface area (Å²) in [7, 11) is -2.24. The summed E-state index contributed by atoms with van der Waals surface area (Å²) in [5.41, 5.74) is -0.343. The van der Waals surface area contributed by atoms with Crippen molar-refractivity contribution in [3.8, 4) is 0 Å². The SMILES string of the molecule is [CH2-][Si](CC)(OC(C)(C)C)OC(C)(C)C.[I-].[Mg+2]. The zero-order valence-corrected chi connectivity index (χ0v) is 16.4. The maximum Gasteiger partial charge on any atom is 2.00 e. The van der Waals surface area contributed by atoms with Gasteiger partial charge in [0.25, 0.3) is 0 Å². The summed E-state index contributed by atoms with van der Waals surface area (Å²) in [5.74, 6) is 0. The molecule has 0 aromatic carbocycles. The van der Waals surface area contributed by atoms with Crippen LogP contribution in [0, 0.1) is 6.55 Å². The Kier molecular flexibility index (Phi) is 11.3. The van der Waals surface area contributed by atoms with Crippen molar-refractivity contribution in [3.63, 3.8) is 0 Å². The van der Waals surface area contributed by atoms with Crippen LogP contribution in [0.1, 0.15) is 48.5 Å². The Morgan fingerprint density at radius 1 is 0.938 bits per heavy atom. The van der Waals surface area contributed by atoms with Crippen LogP contribution in [0.5, 0.6) is 0 Å². The molecular formula is C11H25IMgO2Si. The van der Waals surface area contributed by atoms with Crippen molar-refractivity contribution in [2.24, 2.45) is 0 Å². The van der Waals surface area contributed by atoms with Crippen molar-refractivity contribution in [2.45, 2.75) is 65.7 Å². The minimum atomic E-state index is -2.24. The molecule has 94 valence electrons. The Labute approximate surface area is 136 Å². The molecule has 0 aliphatic carbocycles. The molecule has 0 aliphatic heterocycles. The number of halogens is 1. The van der Waals surface area contributed by atoms with Gasteiger partial charge >= 0.3 is 23.1 Å². The second-order valence-electron chi connectivity index (χ2n) is 5.69. The van der Waals surface area contributed by atoms with Crippen LogP contribution in [0.25, 0.3) is 0 Å². The van der Waals surface area contributed by atoms with Gasteiger partial charge in [0.15, 0.2) is 8.56 Å². The van der Waals surface area contributed by atoms with Crippen LogP contribution in [0.15, 0.2) is 0 Å². The van der Waals surface area contributed by atoms with Gasteiger partial charge in [0, 0.05) is 11.2 Å². The molecule has 0 aliphatic rings. The van der Waals surface area contributed by atoms with E-state index in [4.69, 9.17) is 8.85 Å². The summed E-state index contributed by atoms with van der Waals surface area (Å²) in [5, 5.41) is 0. The molecular weight excluding hydrogens is 343 g/mol. The summed E-state index contributed by atoms with van der Waals surface area (Å²) < 4.78 is 11.9. The third-order valence-electron chi connectivity index (χ3n) is 1.52. The summed E-state index contributed by atoms with van der Waals surface area (Å²) in [6.45, 7) is 18.5. The number of hydrogen-bond acceptors (Lipinski definition) is 2. The van der Waals surface area contributed by atoms with Crippen molar-refractivity contribution in [1.29, 1.82) is 0 Å². The first-order chi connectivity index (χ1) is 5.97. The van der Waals surface area contributed by atoms with Crippen molar-refractivity contribution < 1.29 is 32.8 Å². The molecule has 0 rings (SSSR count). The first kappa shape index (κ1) is 22.8. The van der Waals surface area contributed by atoms with E-state index >= 15 is 0 Å². The van der Waals surface area contributed by atoms with Crippen molar-refractivity contribution in [2.75, 3.05) is 0 Å². The average molecular weight is 369 g/mol. The van der Waals surface area contributed by atoms with Gasteiger partial charge in [-0.05, 0) is 47.6 Å². The van der Waals surface area contributed by atoms with Gasteiger partial charge in [-0.15, -0.1) is 0 Å². The standard InChI is InChI=1S/C11H25O2Si.HI.Mg/c1-9-14(8,12-10(2,3)4)13-11(5,6)7;;/h8-9H2,1-7H3;1H;/q-1;;+2/p-1. The predicted octanol–water partition coefficient (Wildman–Crippen LogP) is 0.0752. The van der Waals surface area contributed by atoms with Crippen molar-refractivity contribution in [1.82, 2.24) is 0 Å². The Balaban J connectivity index is -0.000000845. The number of hydrogen-bond donors (Lipinski definition) is 0. The fourth-order valence-electron chi connectivity index (χ4n) is 1.28. The van der Waals surface area contributed by atoms with Crippen LogP contribution in [-0.4, -0.2) is 42.8 Å². The topological polar surface area (TPSA) is 18.5 Å². The Morgan fingerprint density at radius 3 is 1.31 bits per heavy atom. The molecule has 0 heterocycles. The van der Waals surface area contributed by atoms with E-state index in [1.165, 1.54) is 0 Å². The zero-order chi connectivity index (χ0) is 11.6. The van der Waals surface area contributed by atoms with Gasteiger partial charge in [-0.2, -0.15) is 0 Å². The van der Waals surface area contributed by atoms with Crippen LogP contribution < -0.4 is 24.0 Å². The maximum absolute atomic E-state index is 5.96. The van der Waals surface area contributed by atoms with E-state index in [1.807, 2.05) is 41.5 Å². The molecule has 0 radical (unpaired) electrons. The average Bonchev–Trinajstić information content (AvgIpc) is 1.78. The Bertz CT molecular complexity index is 171. The minimum Gasteiger partial charge on any atom is -1.00 e. The minimum absolute atomic E-state index is 0. The van der Waals surface area contributed by atoms with E-state index in [9.17, 15) is 0 Å². The molecule has 0 aromatic rings. The molecule has 0 atom stereocenters. The molecule has 0 bridgehead atoms. The predicted molar refractivity (Wildman–Crippen MR) is 69.0 cm³/mol. The summed E-state index contributed by atoms with van der Waals surface area (Å²) >= 11 is 0. The molecule has 0 amide bonds. The molecule has 0 aromatic heterocycles. The molecule has 5 heteroatoms. The quantitative estimate of drug-likeness (QED) is 0.399. The third-order valence-corrected chi connectivity index (χ3v) is 4.57. The van der Waals surface area contributed by atoms with Crippen LogP contribution in [0.4, 0.5) is 0 Å². The molecule has 0 unspecified atom stereocenters. The monoisotopic (exact) mass is 368 g/mol. The van der Waals surface area contributed by atoms with Crippen LogP contribution in [0.3, 0.4) is 0 Å². The van der Waals surface area contributed by atoms with E-state index in [0.717, 1.165) is 6.04 Å². The summed E-state index contributed by atoms with van der Waals surface area (Å²) in [6, 6.07) is 0.877. The van der Waals surface area contributed by atoms with Gasteiger partial charge in [-0.3, -0.25) is 6.55 Å². The van der Waals surface area contributed by atoms with Gasteiger partial charge in [0.05, 0.1) is 0 Å². The first-order valence-electron chi connectivity index (χ1n) is 5.23. The Hall–Kier alpha value is 1.63. The molecule has 0 fully saturated rings. The third kappa shape index (κ3) is 12.1. The molecule has 0 N–H and O–H groups in total. The summed E-state index contributed by atoms with van der Waals surface area (Å²) in [6.07, 6.45) is 0. The van der Waals surface area contributed by atoms with Gasteiger partial charge in [-0.1, -0.05) is 6.92 Å². The van der Waals surface area contributed by atoms with Gasteiger partial charge < -0.3 is 32.8 Å². The normalized spacial score (nSPS) is 12.8. The van der Waals surface area contributed by atoms with Crippen molar-refractivity contribution >= 4 is 31.6 Å². The number of rotatable bonds is 3. The van der Waals surface area contributed by atoms with E-state index in [1.54, 1.807) is 0 Å². The largest absolute Gasteiger partial charge is 2.00 e. The van der Waals surface area contributed by atoms with Crippen LogP contribution >= 0.6 is 0 Å². The van der Waals surface area contributed by atoms with E-state index in [-0.39, 0.29) is 58.2 Å². The van der Waals surface area contributed by atoms with E-state index in [0.29, 0.717) is 0 Å². The van der Waals surface area contributed by atoms with Gasteiger partial charge in [-0.25, -0.2) is 0 Å². The van der Waals surface area contributed by atoms with Gasteiger partial charge in [0.2, 0.25) is 0 Å². The van der Waals surface area contributed by atoms with Crippen molar-refractivity contribution in [3.05, 3.63) is 6.55 Å². The van der Waals surface area contributed by atoms with Crippen LogP contribution in [-0.2, 0) is 8.85 Å². The van der Waals surface area contributed by atoms with E-state index < -0.39 is 8.56 Å². The fraction of sp³-hybridized carbons (Fsp3) is 0.909. The van der Waals surface area contributed by atoms with E-state index in [2.05, 4.69) is 13.5 Å². The molecule has 0 saturated carbocycles. The molecule has 0 spiro atoms. The smallest absolute Gasteiger partial charge is 1.00 e. The summed E-state index contributed by atoms with van der Waals surface area (Å²) in [4.78, 5) is 0. The first-order valence-corrected chi connectivity index (χ1v) is 7.46. The molecule has 16 heavy (non-hydrogen) atoms. The van der Waals surface area contributed by atoms with Gasteiger partial charge in [0.1, 0.15) is 0 Å². The maximum atomic E-state index is 5.96. The Morgan fingerprint density at radius 2 is 1.19 bits per heavy atom. The molecule has 2 nitrogen and oxygen atoms in total. The second-order valence-corrected chi connectivity index (χ2v) is 8.63.